The molecule has 1 aromatic heterocycles. The SMILES string of the molecule is O=C(S)CCC(=NO)c1ccc2oc3ccccc3c2c1. The van der Waals surface area contributed by atoms with Gasteiger partial charge in [-0.05, 0) is 24.3 Å². The Morgan fingerprint density at radius 2 is 1.86 bits per heavy atom. The molecule has 3 rings (SSSR count). The molecule has 0 radical (unpaired) electrons. The van der Waals surface area contributed by atoms with Crippen molar-refractivity contribution in [1.29, 1.82) is 0 Å². The highest BCUT2D eigenvalue weighted by atomic mass is 32.1. The summed E-state index contributed by atoms with van der Waals surface area (Å²) >= 11 is 3.73. The second kappa shape index (κ2) is 5.61. The molecule has 3 aromatic rings. The first-order chi connectivity index (χ1) is 10.2. The van der Waals surface area contributed by atoms with Crippen molar-refractivity contribution in [2.45, 2.75) is 12.8 Å². The van der Waals surface area contributed by atoms with E-state index in [1.54, 1.807) is 0 Å². The van der Waals surface area contributed by atoms with Gasteiger partial charge in [0, 0.05) is 29.2 Å². The van der Waals surface area contributed by atoms with Crippen molar-refractivity contribution in [3.63, 3.8) is 0 Å². The van der Waals surface area contributed by atoms with Crippen molar-refractivity contribution in [3.8, 4) is 0 Å². The zero-order chi connectivity index (χ0) is 14.8. The minimum atomic E-state index is -0.231. The monoisotopic (exact) mass is 299 g/mol. The summed E-state index contributed by atoms with van der Waals surface area (Å²) in [5, 5.41) is 14.2. The molecule has 1 heterocycles. The zero-order valence-electron chi connectivity index (χ0n) is 11.1. The first kappa shape index (κ1) is 13.7. The highest BCUT2D eigenvalue weighted by Gasteiger charge is 2.11. The lowest BCUT2D eigenvalue weighted by Crippen LogP contribution is -2.03. The molecule has 0 spiro atoms. The molecule has 1 N–H and O–H groups in total. The van der Waals surface area contributed by atoms with Crippen molar-refractivity contribution in [2.75, 3.05) is 0 Å². The third-order valence-corrected chi connectivity index (χ3v) is 3.63. The summed E-state index contributed by atoms with van der Waals surface area (Å²) in [6.45, 7) is 0. The second-order valence-electron chi connectivity index (χ2n) is 4.75. The van der Waals surface area contributed by atoms with E-state index < -0.39 is 0 Å². The summed E-state index contributed by atoms with van der Waals surface area (Å²) in [6, 6.07) is 13.4. The number of carbonyl (C=O) groups is 1. The molecule has 0 aliphatic rings. The Bertz CT molecular complexity index is 851. The Labute approximate surface area is 126 Å². The first-order valence-corrected chi connectivity index (χ1v) is 6.98. The van der Waals surface area contributed by atoms with Gasteiger partial charge < -0.3 is 9.62 Å². The van der Waals surface area contributed by atoms with Crippen molar-refractivity contribution in [1.82, 2.24) is 0 Å². The summed E-state index contributed by atoms with van der Waals surface area (Å²) in [5.74, 6) is 0. The second-order valence-corrected chi connectivity index (χ2v) is 5.25. The smallest absolute Gasteiger partial charge is 0.186 e. The fourth-order valence-electron chi connectivity index (χ4n) is 2.38. The Kier molecular flexibility index (Phi) is 3.66. The van der Waals surface area contributed by atoms with Crippen LogP contribution < -0.4 is 0 Å². The third-order valence-electron chi connectivity index (χ3n) is 3.41. The molecule has 5 heteroatoms. The van der Waals surface area contributed by atoms with Crippen LogP contribution in [0, 0.1) is 0 Å². The Balaban J connectivity index is 2.07. The summed E-state index contributed by atoms with van der Waals surface area (Å²) in [6.07, 6.45) is 0.576. The van der Waals surface area contributed by atoms with E-state index in [9.17, 15) is 4.79 Å². The Morgan fingerprint density at radius 3 is 2.62 bits per heavy atom. The van der Waals surface area contributed by atoms with Crippen LogP contribution in [0.1, 0.15) is 18.4 Å². The lowest BCUT2D eigenvalue weighted by atomic mass is 10.0. The zero-order valence-corrected chi connectivity index (χ0v) is 12.0. The van der Waals surface area contributed by atoms with Crippen LogP contribution >= 0.6 is 12.6 Å². The van der Waals surface area contributed by atoms with E-state index in [1.165, 1.54) is 0 Å². The normalized spacial score (nSPS) is 12.1. The number of oxime groups is 1. The predicted octanol–water partition coefficient (Wildman–Crippen LogP) is 4.00. The van der Waals surface area contributed by atoms with Crippen LogP contribution in [0.15, 0.2) is 52.0 Å². The number of benzene rings is 2. The summed E-state index contributed by atoms with van der Waals surface area (Å²) in [5.41, 5.74) is 2.83. The highest BCUT2D eigenvalue weighted by molar-refractivity contribution is 7.96. The van der Waals surface area contributed by atoms with E-state index in [0.29, 0.717) is 12.1 Å². The predicted molar refractivity (Wildman–Crippen MR) is 85.3 cm³/mol. The lowest BCUT2D eigenvalue weighted by molar-refractivity contribution is -0.110. The molecule has 4 nitrogen and oxygen atoms in total. The van der Waals surface area contributed by atoms with Gasteiger partial charge in [0.2, 0.25) is 0 Å². The molecule has 2 aromatic carbocycles. The number of furan rings is 1. The molecular formula is C16H13NO3S. The van der Waals surface area contributed by atoms with Gasteiger partial charge >= 0.3 is 0 Å². The first-order valence-electron chi connectivity index (χ1n) is 6.53. The minimum absolute atomic E-state index is 0.229. The van der Waals surface area contributed by atoms with Crippen LogP contribution in [0.5, 0.6) is 0 Å². The van der Waals surface area contributed by atoms with Crippen LogP contribution in [-0.4, -0.2) is 16.0 Å². The number of hydrogen-bond acceptors (Lipinski definition) is 4. The van der Waals surface area contributed by atoms with E-state index >= 15 is 0 Å². The molecule has 0 atom stereocenters. The van der Waals surface area contributed by atoms with Gasteiger partial charge in [0.25, 0.3) is 0 Å². The van der Waals surface area contributed by atoms with Crippen molar-refractivity contribution in [2.24, 2.45) is 5.16 Å². The van der Waals surface area contributed by atoms with E-state index in [-0.39, 0.29) is 11.5 Å². The maximum Gasteiger partial charge on any atom is 0.186 e. The number of hydrogen-bond donors (Lipinski definition) is 2. The maximum absolute atomic E-state index is 11.0. The Morgan fingerprint density at radius 1 is 1.10 bits per heavy atom. The molecular weight excluding hydrogens is 286 g/mol. The van der Waals surface area contributed by atoms with E-state index in [0.717, 1.165) is 27.5 Å². The summed E-state index contributed by atoms with van der Waals surface area (Å²) in [7, 11) is 0. The molecule has 0 fully saturated rings. The lowest BCUT2D eigenvalue weighted by Gasteiger charge is -2.03. The van der Waals surface area contributed by atoms with Crippen LogP contribution in [0.25, 0.3) is 21.9 Å². The van der Waals surface area contributed by atoms with Crippen LogP contribution in [0.4, 0.5) is 0 Å². The van der Waals surface area contributed by atoms with E-state index in [4.69, 9.17) is 9.62 Å². The molecule has 0 saturated carbocycles. The number of fused-ring (bicyclic) bond motifs is 3. The molecule has 0 amide bonds. The van der Waals surface area contributed by atoms with Gasteiger partial charge in [-0.25, -0.2) is 0 Å². The molecule has 0 aliphatic heterocycles. The van der Waals surface area contributed by atoms with Gasteiger partial charge in [0.15, 0.2) is 5.12 Å². The minimum Gasteiger partial charge on any atom is -0.456 e. The number of nitrogens with zero attached hydrogens (tertiary/aromatic N) is 1. The van der Waals surface area contributed by atoms with Gasteiger partial charge in [-0.15, -0.1) is 12.6 Å². The van der Waals surface area contributed by atoms with Gasteiger partial charge in [0.1, 0.15) is 11.2 Å². The van der Waals surface area contributed by atoms with Crippen LogP contribution in [-0.2, 0) is 4.79 Å². The van der Waals surface area contributed by atoms with Crippen LogP contribution in [0.3, 0.4) is 0 Å². The summed E-state index contributed by atoms with van der Waals surface area (Å²) in [4.78, 5) is 11.0. The number of thiol groups is 1. The summed E-state index contributed by atoms with van der Waals surface area (Å²) < 4.78 is 5.75. The van der Waals surface area contributed by atoms with Crippen molar-refractivity contribution >= 4 is 45.4 Å². The largest absolute Gasteiger partial charge is 0.456 e. The number of para-hydroxylation sites is 1. The fraction of sp³-hybridized carbons (Fsp3) is 0.125. The number of rotatable bonds is 4. The van der Waals surface area contributed by atoms with Crippen molar-refractivity contribution in [3.05, 3.63) is 48.0 Å². The molecule has 0 bridgehead atoms. The molecule has 0 saturated heterocycles. The maximum atomic E-state index is 11.0. The standard InChI is InChI=1S/C16H13NO3S/c18-16(21)8-6-13(17-19)10-5-7-15-12(9-10)11-3-1-2-4-14(11)20-15/h1-5,7,9,19H,6,8H2,(H,18,21). The molecule has 106 valence electrons. The topological polar surface area (TPSA) is 62.8 Å². The fourth-order valence-corrected chi connectivity index (χ4v) is 2.49. The Hall–Kier alpha value is -2.27. The van der Waals surface area contributed by atoms with Crippen LogP contribution in [0.2, 0.25) is 0 Å². The quantitative estimate of drug-likeness (QED) is 0.331. The van der Waals surface area contributed by atoms with Gasteiger partial charge in [-0.1, -0.05) is 23.4 Å². The third kappa shape index (κ3) is 2.64. The number of carbonyl (C=O) groups excluding carboxylic acids is 1. The van der Waals surface area contributed by atoms with E-state index in [1.807, 2.05) is 42.5 Å². The van der Waals surface area contributed by atoms with Gasteiger partial charge in [-0.3, -0.25) is 4.79 Å². The van der Waals surface area contributed by atoms with E-state index in [2.05, 4.69) is 17.8 Å². The molecule has 21 heavy (non-hydrogen) atoms. The average molecular weight is 299 g/mol. The molecule has 0 aliphatic carbocycles. The van der Waals surface area contributed by atoms with Crippen molar-refractivity contribution < 1.29 is 14.4 Å². The highest BCUT2D eigenvalue weighted by Crippen LogP contribution is 2.29. The van der Waals surface area contributed by atoms with Gasteiger partial charge in [0.05, 0.1) is 5.71 Å². The average Bonchev–Trinajstić information content (AvgIpc) is 2.85. The van der Waals surface area contributed by atoms with Gasteiger partial charge in [-0.2, -0.15) is 0 Å². The molecule has 0 unspecified atom stereocenters.